The maximum atomic E-state index is 15.4. The molecule has 3 aliphatic rings. The van der Waals surface area contributed by atoms with Gasteiger partial charge in [-0.15, -0.1) is 0 Å². The second-order valence-electron chi connectivity index (χ2n) is 30.6. The summed E-state index contributed by atoms with van der Waals surface area (Å²) in [5.74, 6) is -11.0. The highest BCUT2D eigenvalue weighted by Crippen LogP contribution is 2.26. The predicted octanol–water partition coefficient (Wildman–Crippen LogP) is -0.921. The second-order valence-corrected chi connectivity index (χ2v) is 31.1. The Bertz CT molecular complexity index is 4430. The molecule has 2 fully saturated rings. The third kappa shape index (κ3) is 28.0. The molecule has 0 radical (unpaired) electrons. The van der Waals surface area contributed by atoms with Crippen molar-refractivity contribution in [3.63, 3.8) is 0 Å². The van der Waals surface area contributed by atoms with Crippen LogP contribution in [0.1, 0.15) is 120 Å². The molecule has 642 valence electrons. The zero-order valence-electron chi connectivity index (χ0n) is 67.1. The SMILES string of the molecule is CC(C)CC(NC(=O)C(CCCCNC(=O)CNC(=O)C1=CC(O)C(O)C(O)C1)NC(=O)C(Cc1ccc(O)cc1)N(C)C(=O)C(CO)NC(=O)C(Cc1cccnc1)NC(=O)C(Cc1ccc(Cl)cc1)NC(=O)C(Cc1ccc2ccccc2c1)N1CCCC1=O)C(=O)NC(CCCCNC(=N)N)C(=O)N1CCCC1C(=O)NC(C)C(N)=O. The van der Waals surface area contributed by atoms with Gasteiger partial charge < -0.3 is 105 Å². The normalized spacial score (nSPS) is 18.1. The highest BCUT2D eigenvalue weighted by molar-refractivity contribution is 6.30. The molecule has 13 amide bonds. The molecule has 13 unspecified atom stereocenters. The fourth-order valence-electron chi connectivity index (χ4n) is 14.4. The lowest BCUT2D eigenvalue weighted by molar-refractivity contribution is -0.144. The van der Waals surface area contributed by atoms with Crippen LogP contribution in [0, 0.1) is 11.3 Å². The number of nitrogens with zero attached hydrogens (tertiary/aromatic N) is 4. The molecule has 0 saturated carbocycles. The Morgan fingerprint density at radius 1 is 0.622 bits per heavy atom. The molecule has 2 aliphatic heterocycles. The van der Waals surface area contributed by atoms with E-state index < -0.39 is 163 Å². The summed E-state index contributed by atoms with van der Waals surface area (Å²) >= 11 is 6.30. The van der Waals surface area contributed by atoms with E-state index in [2.05, 4.69) is 58.2 Å². The number of guanidine groups is 1. The minimum Gasteiger partial charge on any atom is -0.508 e. The van der Waals surface area contributed by atoms with Crippen LogP contribution >= 0.6 is 11.6 Å². The molecular weight excluding hydrogens is 1560 g/mol. The minimum atomic E-state index is -1.88. The zero-order valence-corrected chi connectivity index (χ0v) is 67.8. The summed E-state index contributed by atoms with van der Waals surface area (Å²) in [4.78, 5) is 194. The van der Waals surface area contributed by atoms with E-state index in [1.807, 2.05) is 42.5 Å². The number of aromatic hydroxyl groups is 1. The Morgan fingerprint density at radius 3 is 1.84 bits per heavy atom. The van der Waals surface area contributed by atoms with Crippen LogP contribution in [0.3, 0.4) is 0 Å². The fourth-order valence-corrected chi connectivity index (χ4v) is 14.5. The van der Waals surface area contributed by atoms with Crippen molar-refractivity contribution in [3.05, 3.63) is 154 Å². The first-order valence-electron chi connectivity index (χ1n) is 39.9. The Hall–Kier alpha value is -11.7. The number of amides is 13. The highest BCUT2D eigenvalue weighted by Gasteiger charge is 2.42. The van der Waals surface area contributed by atoms with E-state index in [0.717, 1.165) is 27.3 Å². The Kier molecular flexibility index (Phi) is 35.4. The van der Waals surface area contributed by atoms with E-state index in [1.165, 1.54) is 60.4 Å². The Morgan fingerprint density at radius 2 is 1.21 bits per heavy atom. The molecule has 4 aromatic carbocycles. The standard InChI is InChI=1S/C83H110ClN17O18/c1-47(2)36-60(75(112)94-59(18-8-10-33-90-83(86)87)82(119)101-35-12-19-64(101)78(115)92-48(3)72(85)109)95-74(111)58(17-7-9-32-89-69(106)45-91-73(110)55-42-67(104)71(108)68(105)43-55)93-79(116)65(40-50-24-29-57(103)30-25-50)99(4)81(118)63(46-102)98-77(114)62(39-52-14-11-31-88-44-52)96-76(113)61(38-49-22-27-56(84)28-23-49)97-80(117)66(100-34-13-20-70(100)107)41-51-21-26-53-15-5-6-16-54(53)37-51/h5-6,11,14-16,21-31,37,42,44,47-48,58-68,71,102-105,108H,7-10,12-13,17-20,32-36,38-41,43,45-46H2,1-4H3,(H2,85,109)(H,89,106)(H,91,110)(H,92,115)(H,93,116)(H,94,112)(H,95,111)(H,96,113)(H,97,117)(H,98,114)(H4,86,87,90). The molecule has 36 heteroatoms. The maximum Gasteiger partial charge on any atom is 0.247 e. The van der Waals surface area contributed by atoms with E-state index in [0.29, 0.717) is 41.0 Å². The number of aliphatic hydroxyl groups excluding tert-OH is 4. The van der Waals surface area contributed by atoms with Gasteiger partial charge in [0.05, 0.1) is 19.3 Å². The van der Waals surface area contributed by atoms with Gasteiger partial charge in [0.25, 0.3) is 0 Å². The smallest absolute Gasteiger partial charge is 0.247 e. The van der Waals surface area contributed by atoms with Gasteiger partial charge in [0.1, 0.15) is 78.4 Å². The van der Waals surface area contributed by atoms with Gasteiger partial charge in [0.15, 0.2) is 5.96 Å². The van der Waals surface area contributed by atoms with Gasteiger partial charge in [-0.1, -0.05) is 98.2 Å². The van der Waals surface area contributed by atoms with Crippen molar-refractivity contribution in [1.29, 1.82) is 5.41 Å². The number of likely N-dealkylation sites (N-methyl/N-ethyl adjacent to an activating group) is 1. The van der Waals surface area contributed by atoms with E-state index in [4.69, 9.17) is 28.5 Å². The predicted molar refractivity (Wildman–Crippen MR) is 438 cm³/mol. The van der Waals surface area contributed by atoms with E-state index in [-0.39, 0.29) is 139 Å². The van der Waals surface area contributed by atoms with E-state index in [1.54, 1.807) is 50.2 Å². The number of carbonyl (C=O) groups excluding carboxylic acids is 13. The van der Waals surface area contributed by atoms with Crippen molar-refractivity contribution in [3.8, 4) is 5.75 Å². The third-order valence-electron chi connectivity index (χ3n) is 21.0. The van der Waals surface area contributed by atoms with Crippen molar-refractivity contribution in [2.24, 2.45) is 17.4 Å². The van der Waals surface area contributed by atoms with Gasteiger partial charge in [-0.3, -0.25) is 72.7 Å². The summed E-state index contributed by atoms with van der Waals surface area (Å²) in [6.07, 6.45) is 0.316. The number of pyridine rings is 1. The topological polar surface area (TPSA) is 542 Å². The number of aromatic nitrogens is 1. The molecule has 3 heterocycles. The van der Waals surface area contributed by atoms with Gasteiger partial charge in [-0.25, -0.2) is 0 Å². The first-order chi connectivity index (χ1) is 56.8. The second kappa shape index (κ2) is 45.3. The number of hydrogen-bond acceptors (Lipinski definition) is 20. The van der Waals surface area contributed by atoms with Crippen molar-refractivity contribution in [1.82, 2.24) is 72.9 Å². The molecule has 1 aromatic heterocycles. The number of halogens is 1. The number of likely N-dealkylation sites (tertiary alicyclic amines) is 2. The molecule has 35 nitrogen and oxygen atoms in total. The summed E-state index contributed by atoms with van der Waals surface area (Å²) in [6, 6.07) is 14.6. The van der Waals surface area contributed by atoms with Crippen LogP contribution in [0.25, 0.3) is 10.8 Å². The van der Waals surface area contributed by atoms with Gasteiger partial charge in [0, 0.05) is 94.7 Å². The third-order valence-corrected chi connectivity index (χ3v) is 21.3. The number of fused-ring (bicyclic) bond motifs is 1. The summed E-state index contributed by atoms with van der Waals surface area (Å²) < 4.78 is 0. The summed E-state index contributed by atoms with van der Waals surface area (Å²) in [7, 11) is 1.20. The lowest BCUT2D eigenvalue weighted by Gasteiger charge is -2.33. The number of unbranched alkanes of at least 4 members (excludes halogenated alkanes) is 2. The lowest BCUT2D eigenvalue weighted by atomic mass is 9.92. The number of nitrogens with one attached hydrogen (secondary N) is 11. The Balaban J connectivity index is 1.06. The number of rotatable bonds is 43. The molecule has 0 bridgehead atoms. The minimum absolute atomic E-state index is 0.00117. The monoisotopic (exact) mass is 1670 g/mol. The van der Waals surface area contributed by atoms with Crippen molar-refractivity contribution < 1.29 is 87.9 Å². The molecule has 0 spiro atoms. The van der Waals surface area contributed by atoms with Crippen molar-refractivity contribution in [2.75, 3.05) is 46.4 Å². The van der Waals surface area contributed by atoms with Crippen molar-refractivity contribution >= 4 is 105 Å². The van der Waals surface area contributed by atoms with Crippen LogP contribution in [0.4, 0.5) is 0 Å². The first-order valence-corrected chi connectivity index (χ1v) is 40.3. The number of benzene rings is 4. The van der Waals surface area contributed by atoms with Gasteiger partial charge in [0.2, 0.25) is 76.8 Å². The zero-order chi connectivity index (χ0) is 86.6. The van der Waals surface area contributed by atoms with Crippen LogP contribution in [0.5, 0.6) is 5.75 Å². The molecule has 20 N–H and O–H groups in total. The molecule has 119 heavy (non-hydrogen) atoms. The van der Waals surface area contributed by atoms with Gasteiger partial charge in [-0.2, -0.15) is 0 Å². The van der Waals surface area contributed by atoms with Crippen LogP contribution in [0.15, 0.2) is 127 Å². The lowest BCUT2D eigenvalue weighted by Crippen LogP contribution is -2.62. The largest absolute Gasteiger partial charge is 0.508 e. The van der Waals surface area contributed by atoms with Gasteiger partial charge in [-0.05, 0) is 146 Å². The van der Waals surface area contributed by atoms with E-state index >= 15 is 24.0 Å². The number of nitrogens with two attached hydrogens (primary N) is 2. The number of phenolic OH excluding ortho intramolecular Hbond substituents is 1. The molecule has 2 saturated heterocycles. The quantitative estimate of drug-likeness (QED) is 0.0127. The molecule has 5 aromatic rings. The van der Waals surface area contributed by atoms with E-state index in [9.17, 15) is 63.9 Å². The molecule has 13 atom stereocenters. The summed E-state index contributed by atoms with van der Waals surface area (Å²) in [6.45, 7) is 3.79. The van der Waals surface area contributed by atoms with Gasteiger partial charge >= 0.3 is 0 Å². The number of phenols is 1. The maximum absolute atomic E-state index is 15.4. The fraction of sp³-hybridized carbons (Fsp3) is 0.482. The average Bonchev–Trinajstić information content (AvgIpc) is 1.81. The number of aliphatic hydroxyl groups is 4. The van der Waals surface area contributed by atoms with Crippen molar-refractivity contribution in [2.45, 2.75) is 202 Å². The highest BCUT2D eigenvalue weighted by atomic mass is 35.5. The Labute approximate surface area is 694 Å². The number of hydrogen-bond donors (Lipinski definition) is 18. The van der Waals surface area contributed by atoms with Crippen LogP contribution in [-0.2, 0) is 88.0 Å². The molecule has 1 aliphatic carbocycles. The first kappa shape index (κ1) is 92.8. The average molecular weight is 1670 g/mol. The summed E-state index contributed by atoms with van der Waals surface area (Å²) in [5, 5.41) is 88.4. The van der Waals surface area contributed by atoms with Crippen LogP contribution < -0.4 is 64.6 Å². The number of carbonyl (C=O) groups is 13. The van der Waals surface area contributed by atoms with Crippen LogP contribution in [-0.4, -0.2) is 253 Å². The summed E-state index contributed by atoms with van der Waals surface area (Å²) in [5.41, 5.74) is 13.0. The van der Waals surface area contributed by atoms with Crippen LogP contribution in [0.2, 0.25) is 5.02 Å². The molecule has 8 rings (SSSR count). The number of primary amides is 1. The molecular formula is C83H110ClN17O18.